The summed E-state index contributed by atoms with van der Waals surface area (Å²) in [7, 11) is -3.46. The molecule has 1 N–H and O–H groups in total. The van der Waals surface area contributed by atoms with Crippen LogP contribution in [-0.2, 0) is 32.0 Å². The van der Waals surface area contributed by atoms with Crippen LogP contribution >= 0.6 is 23.4 Å². The number of carbonyl (C=O) groups is 2. The molecule has 0 aromatic heterocycles. The van der Waals surface area contributed by atoms with Crippen molar-refractivity contribution < 1.29 is 35.9 Å². The fourth-order valence-electron chi connectivity index (χ4n) is 4.42. The Kier molecular flexibility index (Phi) is 8.49. The summed E-state index contributed by atoms with van der Waals surface area (Å²) >= 11 is 6.80. The Balaban J connectivity index is 1.71. The molecule has 2 aromatic rings. The summed E-state index contributed by atoms with van der Waals surface area (Å²) in [5, 5.41) is 1.51. The minimum atomic E-state index is -4.76. The average Bonchev–Trinajstić information content (AvgIpc) is 3.28. The molecule has 0 spiro atoms. The third-order valence-corrected chi connectivity index (χ3v) is 9.62. The number of sulfone groups is 1. The molecule has 8 nitrogen and oxygen atoms in total. The minimum absolute atomic E-state index is 0.0000795. The zero-order chi connectivity index (χ0) is 29.5. The number of hydrogen-bond acceptors (Lipinski definition) is 6. The Morgan fingerprint density at radius 1 is 1.15 bits per heavy atom. The summed E-state index contributed by atoms with van der Waals surface area (Å²) in [5.74, 6) is -1.30. The van der Waals surface area contributed by atoms with E-state index < -0.39 is 61.5 Å². The number of aliphatic imine (C=N–C) groups is 1. The number of alkyl carbamates (subject to hydrolysis) is 1. The molecular weight excluding hydrogens is 591 g/mol. The molecule has 2 aromatic carbocycles. The largest absolute Gasteiger partial charge is 0.444 e. The molecule has 2 amide bonds. The summed E-state index contributed by atoms with van der Waals surface area (Å²) in [6, 6.07) is 10.2. The van der Waals surface area contributed by atoms with Gasteiger partial charge in [0.25, 0.3) is 5.91 Å². The first-order valence-electron chi connectivity index (χ1n) is 12.2. The molecule has 2 heterocycles. The SMILES string of the molecule is CC(C)(C)OC(=O)NC(Cc1ccccc1)C(=O)N=C1SC2CS(=O)(=O)CC2N1c1ccc(Cl)c(C(F)(F)F)c1. The van der Waals surface area contributed by atoms with Gasteiger partial charge < -0.3 is 15.0 Å². The lowest BCUT2D eigenvalue weighted by Crippen LogP contribution is -2.45. The van der Waals surface area contributed by atoms with E-state index in [0.717, 1.165) is 29.5 Å². The van der Waals surface area contributed by atoms with Crippen molar-refractivity contribution in [3.05, 3.63) is 64.7 Å². The van der Waals surface area contributed by atoms with E-state index in [1.165, 1.54) is 11.0 Å². The zero-order valence-corrected chi connectivity index (χ0v) is 24.1. The van der Waals surface area contributed by atoms with Gasteiger partial charge in [0, 0.05) is 17.4 Å². The van der Waals surface area contributed by atoms with Crippen molar-refractivity contribution in [1.29, 1.82) is 0 Å². The number of amidine groups is 1. The van der Waals surface area contributed by atoms with Gasteiger partial charge in [0.05, 0.1) is 28.1 Å². The van der Waals surface area contributed by atoms with Gasteiger partial charge in [-0.1, -0.05) is 53.7 Å². The fraction of sp³-hybridized carbons (Fsp3) is 0.423. The summed E-state index contributed by atoms with van der Waals surface area (Å²) in [6.07, 6.45) is -5.53. The number of halogens is 4. The van der Waals surface area contributed by atoms with Gasteiger partial charge in [0.15, 0.2) is 15.0 Å². The lowest BCUT2D eigenvalue weighted by Gasteiger charge is -2.26. The number of hydrogen-bond donors (Lipinski definition) is 1. The predicted octanol–water partition coefficient (Wildman–Crippen LogP) is 5.10. The normalized spacial score (nSPS) is 22.2. The van der Waals surface area contributed by atoms with Gasteiger partial charge in [-0.15, -0.1) is 0 Å². The monoisotopic (exact) mass is 617 g/mol. The van der Waals surface area contributed by atoms with Crippen LogP contribution < -0.4 is 10.2 Å². The van der Waals surface area contributed by atoms with Gasteiger partial charge in [-0.05, 0) is 44.5 Å². The highest BCUT2D eigenvalue weighted by Crippen LogP contribution is 2.43. The summed E-state index contributed by atoms with van der Waals surface area (Å²) in [5.41, 5.74) is -1.20. The molecule has 2 aliphatic heterocycles. The Morgan fingerprint density at radius 2 is 1.82 bits per heavy atom. The minimum Gasteiger partial charge on any atom is -0.444 e. The van der Waals surface area contributed by atoms with Gasteiger partial charge in [-0.2, -0.15) is 18.2 Å². The summed E-state index contributed by atoms with van der Waals surface area (Å²) in [4.78, 5) is 31.6. The molecule has 2 saturated heterocycles. The van der Waals surface area contributed by atoms with Crippen molar-refractivity contribution in [1.82, 2.24) is 5.32 Å². The predicted molar refractivity (Wildman–Crippen MR) is 148 cm³/mol. The molecule has 0 saturated carbocycles. The molecule has 3 unspecified atom stereocenters. The van der Waals surface area contributed by atoms with Crippen LogP contribution in [0.5, 0.6) is 0 Å². The quantitative estimate of drug-likeness (QED) is 0.498. The maximum atomic E-state index is 13.6. The van der Waals surface area contributed by atoms with Crippen LogP contribution in [0.3, 0.4) is 0 Å². The van der Waals surface area contributed by atoms with Crippen LogP contribution in [0, 0.1) is 0 Å². The number of ether oxygens (including phenoxy) is 1. The van der Waals surface area contributed by atoms with E-state index in [-0.39, 0.29) is 28.8 Å². The standard InChI is InChI=1S/C26H27ClF3N3O5S2/c1-25(2,3)38-24(35)31-19(11-15-7-5-4-6-8-15)22(34)32-23-33(20-13-40(36,37)14-21(20)39-23)16-9-10-18(27)17(12-16)26(28,29)30/h4-10,12,19-21H,11,13-14H2,1-3H3,(H,31,35). The second-order valence-electron chi connectivity index (χ2n) is 10.5. The maximum absolute atomic E-state index is 13.6. The number of fused-ring (bicyclic) bond motifs is 1. The number of amides is 2. The molecule has 4 rings (SSSR count). The Morgan fingerprint density at radius 3 is 2.45 bits per heavy atom. The van der Waals surface area contributed by atoms with Gasteiger partial charge in [0.2, 0.25) is 0 Å². The van der Waals surface area contributed by atoms with Crippen molar-refractivity contribution in [2.45, 2.75) is 56.3 Å². The van der Waals surface area contributed by atoms with Crippen molar-refractivity contribution in [3.8, 4) is 0 Å². The number of alkyl halides is 3. The van der Waals surface area contributed by atoms with Crippen LogP contribution in [0.2, 0.25) is 5.02 Å². The Bertz CT molecular complexity index is 1430. The second kappa shape index (κ2) is 11.2. The molecule has 216 valence electrons. The number of thioether (sulfide) groups is 1. The molecule has 14 heteroatoms. The maximum Gasteiger partial charge on any atom is 0.417 e. The third kappa shape index (κ3) is 7.29. The van der Waals surface area contributed by atoms with Crippen LogP contribution in [0.15, 0.2) is 53.5 Å². The number of nitrogens with zero attached hydrogens (tertiary/aromatic N) is 2. The second-order valence-corrected chi connectivity index (χ2v) is 14.2. The van der Waals surface area contributed by atoms with Gasteiger partial charge in [0.1, 0.15) is 11.6 Å². The van der Waals surface area contributed by atoms with Crippen molar-refractivity contribution in [2.24, 2.45) is 4.99 Å². The van der Waals surface area contributed by atoms with E-state index in [4.69, 9.17) is 16.3 Å². The van der Waals surface area contributed by atoms with E-state index in [9.17, 15) is 31.2 Å². The highest BCUT2D eigenvalue weighted by molar-refractivity contribution is 8.16. The highest BCUT2D eigenvalue weighted by Gasteiger charge is 2.50. The van der Waals surface area contributed by atoms with Crippen molar-refractivity contribution in [3.63, 3.8) is 0 Å². The molecule has 3 atom stereocenters. The van der Waals surface area contributed by atoms with E-state index in [1.54, 1.807) is 51.1 Å². The summed E-state index contributed by atoms with van der Waals surface area (Å²) < 4.78 is 70.9. The third-order valence-electron chi connectivity index (χ3n) is 6.08. The lowest BCUT2D eigenvalue weighted by atomic mass is 10.1. The molecular formula is C26H27ClF3N3O5S2. The number of carbonyl (C=O) groups excluding carboxylic acids is 2. The fourth-order valence-corrected chi connectivity index (χ4v) is 8.56. The number of anilines is 1. The van der Waals surface area contributed by atoms with Crippen LogP contribution in [0.25, 0.3) is 0 Å². The molecule has 0 radical (unpaired) electrons. The van der Waals surface area contributed by atoms with Gasteiger partial charge >= 0.3 is 12.3 Å². The number of benzene rings is 2. The van der Waals surface area contributed by atoms with E-state index >= 15 is 0 Å². The number of nitrogens with one attached hydrogen (secondary N) is 1. The highest BCUT2D eigenvalue weighted by atomic mass is 35.5. The first-order valence-corrected chi connectivity index (χ1v) is 15.3. The first kappa shape index (κ1) is 30.2. The smallest absolute Gasteiger partial charge is 0.417 e. The topological polar surface area (TPSA) is 105 Å². The van der Waals surface area contributed by atoms with E-state index in [0.29, 0.717) is 0 Å². The van der Waals surface area contributed by atoms with Crippen molar-refractivity contribution >= 4 is 56.1 Å². The molecule has 0 aliphatic carbocycles. The summed E-state index contributed by atoms with van der Waals surface area (Å²) in [6.45, 7) is 5.01. The van der Waals surface area contributed by atoms with E-state index in [2.05, 4.69) is 10.3 Å². The van der Waals surface area contributed by atoms with Crippen LogP contribution in [0.4, 0.5) is 23.7 Å². The van der Waals surface area contributed by atoms with E-state index in [1.807, 2.05) is 0 Å². The van der Waals surface area contributed by atoms with Gasteiger partial charge in [-0.25, -0.2) is 13.2 Å². The van der Waals surface area contributed by atoms with Crippen molar-refractivity contribution in [2.75, 3.05) is 16.4 Å². The molecule has 0 bridgehead atoms. The van der Waals surface area contributed by atoms with Gasteiger partial charge in [-0.3, -0.25) is 4.79 Å². The Hall–Kier alpha value is -2.77. The zero-order valence-electron chi connectivity index (χ0n) is 21.7. The molecule has 2 aliphatic rings. The lowest BCUT2D eigenvalue weighted by molar-refractivity contribution is -0.137. The molecule has 40 heavy (non-hydrogen) atoms. The first-order chi connectivity index (χ1) is 18.5. The average molecular weight is 618 g/mol. The molecule has 2 fully saturated rings. The van der Waals surface area contributed by atoms with Crippen LogP contribution in [0.1, 0.15) is 31.9 Å². The van der Waals surface area contributed by atoms with Crippen LogP contribution in [-0.4, -0.2) is 60.0 Å². The number of rotatable bonds is 5. The Labute approximate surface area is 239 Å².